The molecule has 0 aromatic rings. The molecule has 1 N–H and O–H groups in total. The van der Waals surface area contributed by atoms with E-state index in [0.29, 0.717) is 11.7 Å². The molecule has 154 valence electrons. The number of unbranched alkanes of at least 4 members (excludes halogenated alkanes) is 12. The maximum atomic E-state index is 11.5. The third-order valence-electron chi connectivity index (χ3n) is 4.97. The van der Waals surface area contributed by atoms with Crippen LogP contribution in [0.25, 0.3) is 0 Å². The Bertz CT molecular complexity index is 303. The highest BCUT2D eigenvalue weighted by Gasteiger charge is 2.28. The van der Waals surface area contributed by atoms with E-state index in [0.717, 1.165) is 20.0 Å². The molecule has 0 bridgehead atoms. The van der Waals surface area contributed by atoms with Gasteiger partial charge >= 0.3 is 0 Å². The number of aliphatic hydroxyl groups is 1. The van der Waals surface area contributed by atoms with Gasteiger partial charge in [0.05, 0.1) is 0 Å². The molecular weight excluding hydrogens is 320 g/mol. The van der Waals surface area contributed by atoms with Crippen molar-refractivity contribution < 1.29 is 9.90 Å². The van der Waals surface area contributed by atoms with Crippen LogP contribution in [-0.2, 0) is 4.79 Å². The molecule has 0 amide bonds. The topological polar surface area (TPSA) is 37.3 Å². The Morgan fingerprint density at radius 3 is 1.50 bits per heavy atom. The van der Waals surface area contributed by atoms with E-state index in [1.807, 2.05) is 6.08 Å². The molecule has 2 aliphatic carbocycles. The van der Waals surface area contributed by atoms with Crippen molar-refractivity contribution in [3.8, 4) is 0 Å². The molecule has 0 aromatic heterocycles. The fourth-order valence-corrected chi connectivity index (χ4v) is 2.97. The zero-order valence-corrected chi connectivity index (χ0v) is 17.7. The summed E-state index contributed by atoms with van der Waals surface area (Å²) in [6.45, 7) is 3.76. The molecule has 2 fully saturated rings. The summed E-state index contributed by atoms with van der Waals surface area (Å²) in [7, 11) is 1.00. The quantitative estimate of drug-likeness (QED) is 0.228. The summed E-state index contributed by atoms with van der Waals surface area (Å²) < 4.78 is 0. The lowest BCUT2D eigenvalue weighted by Gasteiger charge is -2.03. The number of hydrogen-bond donors (Lipinski definition) is 1. The van der Waals surface area contributed by atoms with E-state index in [2.05, 4.69) is 6.58 Å². The minimum atomic E-state index is 0.474. The Hall–Kier alpha value is -0.630. The Kier molecular flexibility index (Phi) is 20.2. The van der Waals surface area contributed by atoms with E-state index in [9.17, 15) is 4.79 Å². The number of carbonyl (C=O) groups is 1. The Morgan fingerprint density at radius 1 is 0.769 bits per heavy atom. The number of Topliss-reactive ketones (excluding diaryl/α,β-unsaturated/α-hetero) is 1. The zero-order chi connectivity index (χ0) is 19.3. The van der Waals surface area contributed by atoms with Crippen LogP contribution in [0.4, 0.5) is 0 Å². The van der Waals surface area contributed by atoms with Crippen LogP contribution in [0.2, 0.25) is 0 Å². The number of ketones is 1. The molecular formula is C24H46O2. The largest absolute Gasteiger partial charge is 0.400 e. The van der Waals surface area contributed by atoms with Crippen molar-refractivity contribution in [2.45, 2.75) is 122 Å². The monoisotopic (exact) mass is 366 g/mol. The van der Waals surface area contributed by atoms with Crippen LogP contribution in [0.5, 0.6) is 0 Å². The summed E-state index contributed by atoms with van der Waals surface area (Å²) >= 11 is 0. The van der Waals surface area contributed by atoms with Gasteiger partial charge in [0.15, 0.2) is 0 Å². The molecule has 2 saturated carbocycles. The lowest BCUT2D eigenvalue weighted by atomic mass is 10.0. The molecule has 2 aliphatic rings. The van der Waals surface area contributed by atoms with Gasteiger partial charge in [-0.15, -0.1) is 6.58 Å². The SMILES string of the molecule is C1CC1.C=CCCCCCCCCCCCCCCC(=O)C1CC1.CO. The Balaban J connectivity index is 0.00000109. The van der Waals surface area contributed by atoms with E-state index in [1.54, 1.807) is 0 Å². The van der Waals surface area contributed by atoms with E-state index < -0.39 is 0 Å². The van der Waals surface area contributed by atoms with Gasteiger partial charge in [-0.2, -0.15) is 0 Å². The average Bonchev–Trinajstić information content (AvgIpc) is 3.55. The summed E-state index contributed by atoms with van der Waals surface area (Å²) in [6, 6.07) is 0. The molecule has 0 unspecified atom stereocenters. The molecule has 2 heteroatoms. The van der Waals surface area contributed by atoms with Crippen LogP contribution >= 0.6 is 0 Å². The number of rotatable bonds is 16. The maximum Gasteiger partial charge on any atom is 0.135 e. The molecule has 0 atom stereocenters. The van der Waals surface area contributed by atoms with Gasteiger partial charge in [0.1, 0.15) is 5.78 Å². The highest BCUT2D eigenvalue weighted by atomic mass is 16.2. The third-order valence-corrected chi connectivity index (χ3v) is 4.97. The first kappa shape index (κ1) is 25.4. The number of aliphatic hydroxyl groups excluding tert-OH is 1. The molecule has 26 heavy (non-hydrogen) atoms. The first-order chi connectivity index (χ1) is 12.8. The van der Waals surface area contributed by atoms with Crippen LogP contribution in [0.3, 0.4) is 0 Å². The summed E-state index contributed by atoms with van der Waals surface area (Å²) in [4.78, 5) is 11.5. The zero-order valence-electron chi connectivity index (χ0n) is 17.7. The third kappa shape index (κ3) is 21.4. The van der Waals surface area contributed by atoms with Gasteiger partial charge in [-0.25, -0.2) is 0 Å². The van der Waals surface area contributed by atoms with Gasteiger partial charge in [0, 0.05) is 19.4 Å². The predicted octanol–water partition coefficient (Wildman–Crippen LogP) is 7.39. The van der Waals surface area contributed by atoms with Gasteiger partial charge in [-0.3, -0.25) is 4.79 Å². The predicted molar refractivity (Wildman–Crippen MR) is 115 cm³/mol. The second-order valence-corrected chi connectivity index (χ2v) is 7.87. The summed E-state index contributed by atoms with van der Waals surface area (Å²) in [5, 5.41) is 7.00. The molecule has 0 radical (unpaired) electrons. The van der Waals surface area contributed by atoms with Gasteiger partial charge < -0.3 is 5.11 Å². The van der Waals surface area contributed by atoms with Crippen molar-refractivity contribution in [3.05, 3.63) is 12.7 Å². The van der Waals surface area contributed by atoms with Crippen molar-refractivity contribution in [2.24, 2.45) is 5.92 Å². The van der Waals surface area contributed by atoms with Crippen molar-refractivity contribution in [1.29, 1.82) is 0 Å². The summed E-state index contributed by atoms with van der Waals surface area (Å²) in [5.74, 6) is 1.02. The van der Waals surface area contributed by atoms with E-state index >= 15 is 0 Å². The molecule has 0 spiro atoms. The van der Waals surface area contributed by atoms with Crippen LogP contribution in [-0.4, -0.2) is 18.0 Å². The minimum absolute atomic E-state index is 0.474. The van der Waals surface area contributed by atoms with Crippen molar-refractivity contribution in [3.63, 3.8) is 0 Å². The van der Waals surface area contributed by atoms with Gasteiger partial charge in [-0.05, 0) is 32.1 Å². The van der Waals surface area contributed by atoms with Crippen molar-refractivity contribution in [2.75, 3.05) is 7.11 Å². The van der Waals surface area contributed by atoms with Crippen LogP contribution in [0.1, 0.15) is 122 Å². The molecule has 0 heterocycles. The lowest BCUT2D eigenvalue weighted by molar-refractivity contribution is -0.120. The Morgan fingerprint density at radius 2 is 1.15 bits per heavy atom. The smallest absolute Gasteiger partial charge is 0.135 e. The highest BCUT2D eigenvalue weighted by Crippen LogP contribution is 2.31. The van der Waals surface area contributed by atoms with E-state index in [1.165, 1.54) is 109 Å². The minimum Gasteiger partial charge on any atom is -0.400 e. The fourth-order valence-electron chi connectivity index (χ4n) is 2.97. The van der Waals surface area contributed by atoms with Gasteiger partial charge in [0.2, 0.25) is 0 Å². The summed E-state index contributed by atoms with van der Waals surface area (Å²) in [6.07, 6.45) is 27.2. The van der Waals surface area contributed by atoms with Crippen LogP contribution in [0, 0.1) is 5.92 Å². The molecule has 0 saturated heterocycles. The number of carbonyl (C=O) groups excluding carboxylic acids is 1. The molecule has 2 nitrogen and oxygen atoms in total. The van der Waals surface area contributed by atoms with E-state index in [-0.39, 0.29) is 0 Å². The fraction of sp³-hybridized carbons (Fsp3) is 0.875. The highest BCUT2D eigenvalue weighted by molar-refractivity contribution is 5.82. The van der Waals surface area contributed by atoms with E-state index in [4.69, 9.17) is 5.11 Å². The first-order valence-electron chi connectivity index (χ1n) is 11.4. The van der Waals surface area contributed by atoms with Crippen LogP contribution < -0.4 is 0 Å². The number of allylic oxidation sites excluding steroid dienone is 1. The standard InChI is InChI=1S/C20H36O.C3H6.CH4O/c1-2-3-4-5-6-7-8-9-10-11-12-13-14-15-16-20(21)19-17-18-19;1-2-3-1;1-2/h2,19H,1,3-18H2;1-3H2;2H,1H3. The average molecular weight is 367 g/mol. The van der Waals surface area contributed by atoms with Gasteiger partial charge in [-0.1, -0.05) is 89.5 Å². The first-order valence-corrected chi connectivity index (χ1v) is 11.4. The lowest BCUT2D eigenvalue weighted by Crippen LogP contribution is -1.99. The molecule has 0 aliphatic heterocycles. The summed E-state index contributed by atoms with van der Waals surface area (Å²) in [5.41, 5.74) is 0. The molecule has 2 rings (SSSR count). The van der Waals surface area contributed by atoms with Crippen molar-refractivity contribution >= 4 is 5.78 Å². The second-order valence-electron chi connectivity index (χ2n) is 7.87. The Labute approximate surface area is 163 Å². The van der Waals surface area contributed by atoms with Crippen molar-refractivity contribution in [1.82, 2.24) is 0 Å². The van der Waals surface area contributed by atoms with Gasteiger partial charge in [0.25, 0.3) is 0 Å². The van der Waals surface area contributed by atoms with Crippen LogP contribution in [0.15, 0.2) is 12.7 Å². The maximum absolute atomic E-state index is 11.5. The molecule has 0 aromatic carbocycles. The second kappa shape index (κ2) is 20.7. The normalized spacial score (nSPS) is 14.5. The number of hydrogen-bond acceptors (Lipinski definition) is 2.